The van der Waals surface area contributed by atoms with Gasteiger partial charge in [-0.1, -0.05) is 39.0 Å². The van der Waals surface area contributed by atoms with Crippen molar-refractivity contribution < 1.29 is 28.5 Å². The van der Waals surface area contributed by atoms with Crippen molar-refractivity contribution in [1.29, 1.82) is 0 Å². The van der Waals surface area contributed by atoms with Crippen LogP contribution in [0.25, 0.3) is 0 Å². The van der Waals surface area contributed by atoms with E-state index in [1.165, 1.54) is 7.11 Å². The van der Waals surface area contributed by atoms with Crippen molar-refractivity contribution in [3.8, 4) is 17.2 Å². The Kier molecular flexibility index (Phi) is 7.73. The highest BCUT2D eigenvalue weighted by atomic mass is 16.7. The zero-order valence-corrected chi connectivity index (χ0v) is 21.8. The third kappa shape index (κ3) is 6.10. The van der Waals surface area contributed by atoms with Crippen LogP contribution < -0.4 is 14.2 Å². The van der Waals surface area contributed by atoms with Gasteiger partial charge < -0.3 is 23.8 Å². The monoisotopic (exact) mass is 496 g/mol. The summed E-state index contributed by atoms with van der Waals surface area (Å²) in [4.78, 5) is 30.4. The molecular formula is C28H36N2O6. The summed E-state index contributed by atoms with van der Waals surface area (Å²) in [6.07, 6.45) is 0.926. The summed E-state index contributed by atoms with van der Waals surface area (Å²) in [5, 5.41) is 0. The molecule has 1 fully saturated rings. The van der Waals surface area contributed by atoms with Gasteiger partial charge in [-0.25, -0.2) is 0 Å². The van der Waals surface area contributed by atoms with Gasteiger partial charge in [-0.3, -0.25) is 14.5 Å². The van der Waals surface area contributed by atoms with Crippen LogP contribution in [0.2, 0.25) is 0 Å². The Hall–Kier alpha value is -3.26. The van der Waals surface area contributed by atoms with Crippen molar-refractivity contribution in [3.63, 3.8) is 0 Å². The number of fused-ring (bicyclic) bond motifs is 1. The summed E-state index contributed by atoms with van der Waals surface area (Å²) in [6, 6.07) is 13.0. The molecule has 194 valence electrons. The molecule has 0 radical (unpaired) electrons. The van der Waals surface area contributed by atoms with Crippen LogP contribution in [-0.2, 0) is 27.4 Å². The van der Waals surface area contributed by atoms with Crippen molar-refractivity contribution in [3.05, 3.63) is 53.6 Å². The van der Waals surface area contributed by atoms with Crippen LogP contribution in [0.3, 0.4) is 0 Å². The van der Waals surface area contributed by atoms with Crippen LogP contribution in [0.4, 0.5) is 0 Å². The van der Waals surface area contributed by atoms with Gasteiger partial charge in [-0.15, -0.1) is 0 Å². The molecule has 0 aromatic heterocycles. The molecule has 0 bridgehead atoms. The van der Waals surface area contributed by atoms with Gasteiger partial charge in [0, 0.05) is 32.1 Å². The van der Waals surface area contributed by atoms with Gasteiger partial charge in [-0.2, -0.15) is 0 Å². The average molecular weight is 497 g/mol. The van der Waals surface area contributed by atoms with Crippen molar-refractivity contribution in [2.45, 2.75) is 58.8 Å². The first kappa shape index (κ1) is 25.8. The van der Waals surface area contributed by atoms with E-state index in [1.807, 2.05) is 47.4 Å². The Bertz CT molecular complexity index is 1100. The molecule has 0 spiro atoms. The molecule has 2 aliphatic rings. The topological polar surface area (TPSA) is 77.5 Å². The van der Waals surface area contributed by atoms with E-state index < -0.39 is 6.04 Å². The Balaban J connectivity index is 1.58. The third-order valence-electron chi connectivity index (χ3n) is 6.61. The Labute approximate surface area is 213 Å². The number of likely N-dealkylation sites (tertiary alicyclic amines) is 1. The standard InChI is InChI=1S/C28H36N2O6/c1-28(2,3)14-26(31)30(16-19-7-6-8-22(11-19)33-4)21-13-23(27(32)34-5)29(17-21)15-20-9-10-24-25(12-20)36-18-35-24/h6-12,21,23H,13-18H2,1-5H3/t21-,23+/m1/s1. The number of benzene rings is 2. The molecule has 0 aliphatic carbocycles. The molecule has 1 amide bonds. The second kappa shape index (κ2) is 10.8. The number of carbonyl (C=O) groups is 2. The highest BCUT2D eigenvalue weighted by Gasteiger charge is 2.41. The maximum absolute atomic E-state index is 13.6. The van der Waals surface area contributed by atoms with Crippen LogP contribution >= 0.6 is 0 Å². The van der Waals surface area contributed by atoms with Crippen LogP contribution in [0.1, 0.15) is 44.7 Å². The molecule has 0 saturated carbocycles. The molecule has 1 saturated heterocycles. The van der Waals surface area contributed by atoms with Gasteiger partial charge in [0.1, 0.15) is 11.8 Å². The first-order valence-corrected chi connectivity index (χ1v) is 12.3. The number of nitrogens with zero attached hydrogens (tertiary/aromatic N) is 2. The number of ether oxygens (including phenoxy) is 4. The minimum atomic E-state index is -0.444. The fraction of sp³-hybridized carbons (Fsp3) is 0.500. The number of esters is 1. The first-order chi connectivity index (χ1) is 17.2. The van der Waals surface area contributed by atoms with Crippen LogP contribution in [0.15, 0.2) is 42.5 Å². The fourth-order valence-electron chi connectivity index (χ4n) is 4.88. The van der Waals surface area contributed by atoms with E-state index in [4.69, 9.17) is 18.9 Å². The Morgan fingerprint density at radius 2 is 1.83 bits per heavy atom. The summed E-state index contributed by atoms with van der Waals surface area (Å²) in [6.45, 7) is 7.94. The minimum absolute atomic E-state index is 0.0730. The van der Waals surface area contributed by atoms with E-state index in [1.54, 1.807) is 7.11 Å². The molecule has 2 aliphatic heterocycles. The van der Waals surface area contributed by atoms with Gasteiger partial charge in [0.15, 0.2) is 11.5 Å². The van der Waals surface area contributed by atoms with E-state index in [-0.39, 0.29) is 30.1 Å². The van der Waals surface area contributed by atoms with Gasteiger partial charge in [0.2, 0.25) is 12.7 Å². The van der Waals surface area contributed by atoms with Gasteiger partial charge >= 0.3 is 5.97 Å². The van der Waals surface area contributed by atoms with Crippen molar-refractivity contribution in [2.75, 3.05) is 27.6 Å². The lowest BCUT2D eigenvalue weighted by molar-refractivity contribution is -0.146. The van der Waals surface area contributed by atoms with Gasteiger partial charge in [0.25, 0.3) is 0 Å². The predicted octanol–water partition coefficient (Wildman–Crippen LogP) is 4.00. The summed E-state index contributed by atoms with van der Waals surface area (Å²) in [5.74, 6) is 1.96. The van der Waals surface area contributed by atoms with Crippen LogP contribution in [-0.4, -0.2) is 61.3 Å². The largest absolute Gasteiger partial charge is 0.497 e. The van der Waals surface area contributed by atoms with Crippen LogP contribution in [0, 0.1) is 5.41 Å². The lowest BCUT2D eigenvalue weighted by atomic mass is 9.91. The smallest absolute Gasteiger partial charge is 0.323 e. The first-order valence-electron chi connectivity index (χ1n) is 12.3. The summed E-state index contributed by atoms with van der Waals surface area (Å²) in [5.41, 5.74) is 1.84. The van der Waals surface area contributed by atoms with E-state index in [0.717, 1.165) is 22.6 Å². The zero-order valence-electron chi connectivity index (χ0n) is 21.8. The SMILES string of the molecule is COC(=O)[C@@H]1C[C@@H](N(Cc2cccc(OC)c2)C(=O)CC(C)(C)C)CN1Cc1ccc2c(c1)OCO2. The number of amides is 1. The second-order valence-corrected chi connectivity index (χ2v) is 10.7. The van der Waals surface area contributed by atoms with Crippen LogP contribution in [0.5, 0.6) is 17.2 Å². The van der Waals surface area contributed by atoms with Gasteiger partial charge in [0.05, 0.1) is 14.2 Å². The molecule has 2 heterocycles. The predicted molar refractivity (Wildman–Crippen MR) is 135 cm³/mol. The molecule has 4 rings (SSSR count). The number of hydrogen-bond donors (Lipinski definition) is 0. The summed E-state index contributed by atoms with van der Waals surface area (Å²) >= 11 is 0. The van der Waals surface area contributed by atoms with E-state index >= 15 is 0 Å². The number of hydrogen-bond acceptors (Lipinski definition) is 7. The van der Waals surface area contributed by atoms with E-state index in [2.05, 4.69) is 25.7 Å². The molecule has 2 atom stereocenters. The molecule has 0 unspecified atom stereocenters. The zero-order chi connectivity index (χ0) is 25.9. The normalized spacial score (nSPS) is 19.2. The third-order valence-corrected chi connectivity index (χ3v) is 6.61. The molecule has 8 nitrogen and oxygen atoms in total. The van der Waals surface area contributed by atoms with Crippen molar-refractivity contribution in [2.24, 2.45) is 5.41 Å². The van der Waals surface area contributed by atoms with Gasteiger partial charge in [-0.05, 0) is 47.2 Å². The average Bonchev–Trinajstić information content (AvgIpc) is 3.48. The molecular weight excluding hydrogens is 460 g/mol. The number of rotatable bonds is 8. The number of methoxy groups -OCH3 is 2. The molecule has 2 aromatic rings. The maximum atomic E-state index is 13.6. The lowest BCUT2D eigenvalue weighted by Gasteiger charge is -2.32. The maximum Gasteiger partial charge on any atom is 0.323 e. The molecule has 8 heteroatoms. The quantitative estimate of drug-likeness (QED) is 0.511. The summed E-state index contributed by atoms with van der Waals surface area (Å²) < 4.78 is 21.5. The highest BCUT2D eigenvalue weighted by molar-refractivity contribution is 5.79. The minimum Gasteiger partial charge on any atom is -0.497 e. The highest BCUT2D eigenvalue weighted by Crippen LogP contribution is 2.34. The second-order valence-electron chi connectivity index (χ2n) is 10.7. The molecule has 0 N–H and O–H groups in total. The van der Waals surface area contributed by atoms with Crippen molar-refractivity contribution >= 4 is 11.9 Å². The van der Waals surface area contributed by atoms with E-state index in [9.17, 15) is 9.59 Å². The molecule has 2 aromatic carbocycles. The summed E-state index contributed by atoms with van der Waals surface area (Å²) in [7, 11) is 3.04. The Morgan fingerprint density at radius 1 is 1.06 bits per heavy atom. The fourth-order valence-corrected chi connectivity index (χ4v) is 4.88. The Morgan fingerprint density at radius 3 is 2.56 bits per heavy atom. The number of carbonyl (C=O) groups excluding carboxylic acids is 2. The van der Waals surface area contributed by atoms with E-state index in [0.29, 0.717) is 38.2 Å². The lowest BCUT2D eigenvalue weighted by Crippen LogP contribution is -2.42. The molecule has 36 heavy (non-hydrogen) atoms. The van der Waals surface area contributed by atoms with Crippen molar-refractivity contribution in [1.82, 2.24) is 9.80 Å².